The van der Waals surface area contributed by atoms with E-state index >= 15 is 0 Å². The van der Waals surface area contributed by atoms with Gasteiger partial charge in [0.05, 0.1) is 0 Å². The molecule has 0 atom stereocenters. The van der Waals surface area contributed by atoms with Gasteiger partial charge in [-0.3, -0.25) is 0 Å². The lowest BCUT2D eigenvalue weighted by Gasteiger charge is -2.20. The van der Waals surface area contributed by atoms with Gasteiger partial charge < -0.3 is 4.90 Å². The summed E-state index contributed by atoms with van der Waals surface area (Å²) < 4.78 is 37.3. The summed E-state index contributed by atoms with van der Waals surface area (Å²) >= 11 is 3.20. The first-order chi connectivity index (χ1) is 7.85. The summed E-state index contributed by atoms with van der Waals surface area (Å²) in [6.45, 7) is -1.01. The zero-order valence-corrected chi connectivity index (χ0v) is 10.7. The summed E-state index contributed by atoms with van der Waals surface area (Å²) in [4.78, 5) is 9.42. The van der Waals surface area contributed by atoms with E-state index in [1.165, 1.54) is 13.1 Å². The Bertz CT molecular complexity index is 418. The largest absolute Gasteiger partial charge is 0.405 e. The molecule has 3 nitrogen and oxygen atoms in total. The summed E-state index contributed by atoms with van der Waals surface area (Å²) in [6.07, 6.45) is -2.20. The van der Waals surface area contributed by atoms with E-state index in [1.54, 1.807) is 0 Å². The van der Waals surface area contributed by atoms with Crippen molar-refractivity contribution in [2.75, 3.05) is 18.5 Å². The van der Waals surface area contributed by atoms with Crippen molar-refractivity contribution in [3.63, 3.8) is 0 Å². The van der Waals surface area contributed by atoms with Crippen molar-refractivity contribution in [3.05, 3.63) is 16.5 Å². The van der Waals surface area contributed by atoms with E-state index < -0.39 is 12.7 Å². The van der Waals surface area contributed by atoms with E-state index in [0.29, 0.717) is 22.2 Å². The summed E-state index contributed by atoms with van der Waals surface area (Å²) in [7, 11) is 1.37. The first-order valence-electron chi connectivity index (χ1n) is 5.17. The van der Waals surface area contributed by atoms with Crippen molar-refractivity contribution in [1.82, 2.24) is 9.97 Å². The number of halogens is 4. The smallest absolute Gasteiger partial charge is 0.350 e. The number of aromatic nitrogens is 2. The van der Waals surface area contributed by atoms with Gasteiger partial charge in [0.1, 0.15) is 22.8 Å². The highest BCUT2D eigenvalue weighted by Gasteiger charge is 2.31. The number of nitrogens with zero attached hydrogens (tertiary/aromatic N) is 3. The van der Waals surface area contributed by atoms with E-state index in [0.717, 1.165) is 17.7 Å². The lowest BCUT2D eigenvalue weighted by molar-refractivity contribution is -0.119. The fraction of sp³-hybridized carbons (Fsp3) is 0.600. The Morgan fingerprint density at radius 2 is 2.06 bits per heavy atom. The molecule has 0 aliphatic heterocycles. The molecule has 1 aliphatic rings. The molecular formula is C10H11BrF3N3. The van der Waals surface area contributed by atoms with Crippen molar-refractivity contribution in [3.8, 4) is 0 Å². The molecule has 0 aromatic carbocycles. The summed E-state index contributed by atoms with van der Waals surface area (Å²) in [5.74, 6) is 1.24. The topological polar surface area (TPSA) is 29.0 Å². The van der Waals surface area contributed by atoms with E-state index in [4.69, 9.17) is 0 Å². The molecule has 1 heterocycles. The molecule has 0 spiro atoms. The molecule has 1 aromatic heterocycles. The van der Waals surface area contributed by atoms with Crippen LogP contribution in [-0.2, 0) is 0 Å². The SMILES string of the molecule is CN(CC(F)(F)F)c1cc(Br)nc(C2CC2)n1. The van der Waals surface area contributed by atoms with Crippen LogP contribution in [0, 0.1) is 0 Å². The second-order valence-corrected chi connectivity index (χ2v) is 4.97. The molecule has 17 heavy (non-hydrogen) atoms. The predicted molar refractivity (Wildman–Crippen MR) is 61.0 cm³/mol. The average Bonchev–Trinajstić information content (AvgIpc) is 2.96. The van der Waals surface area contributed by atoms with Gasteiger partial charge >= 0.3 is 6.18 Å². The zero-order valence-electron chi connectivity index (χ0n) is 9.13. The monoisotopic (exact) mass is 309 g/mol. The van der Waals surface area contributed by atoms with Crippen LogP contribution in [0.15, 0.2) is 10.7 Å². The van der Waals surface area contributed by atoms with Gasteiger partial charge in [0.2, 0.25) is 0 Å². The highest BCUT2D eigenvalue weighted by molar-refractivity contribution is 9.10. The fourth-order valence-corrected chi connectivity index (χ4v) is 1.88. The van der Waals surface area contributed by atoms with E-state index in [9.17, 15) is 13.2 Å². The van der Waals surface area contributed by atoms with Crippen molar-refractivity contribution in [1.29, 1.82) is 0 Å². The molecule has 1 aliphatic carbocycles. The van der Waals surface area contributed by atoms with E-state index in [1.807, 2.05) is 0 Å². The van der Waals surface area contributed by atoms with Crippen LogP contribution < -0.4 is 4.90 Å². The van der Waals surface area contributed by atoms with Crippen LogP contribution in [0.2, 0.25) is 0 Å². The highest BCUT2D eigenvalue weighted by Crippen LogP contribution is 2.39. The number of alkyl halides is 3. The lowest BCUT2D eigenvalue weighted by Crippen LogP contribution is -2.31. The molecule has 1 saturated carbocycles. The molecule has 0 unspecified atom stereocenters. The van der Waals surface area contributed by atoms with Crippen LogP contribution in [0.1, 0.15) is 24.6 Å². The number of hydrogen-bond donors (Lipinski definition) is 0. The lowest BCUT2D eigenvalue weighted by atomic mass is 10.4. The van der Waals surface area contributed by atoms with Crippen LogP contribution >= 0.6 is 15.9 Å². The molecule has 1 fully saturated rings. The van der Waals surface area contributed by atoms with Gasteiger partial charge in [-0.1, -0.05) is 0 Å². The maximum atomic E-state index is 12.3. The predicted octanol–water partition coefficient (Wildman–Crippen LogP) is 3.12. The Balaban J connectivity index is 2.19. The average molecular weight is 310 g/mol. The van der Waals surface area contributed by atoms with Gasteiger partial charge in [-0.25, -0.2) is 9.97 Å². The molecule has 0 radical (unpaired) electrons. The molecule has 0 amide bonds. The first-order valence-corrected chi connectivity index (χ1v) is 5.97. The summed E-state index contributed by atoms with van der Waals surface area (Å²) in [5, 5.41) is 0. The fourth-order valence-electron chi connectivity index (χ4n) is 1.49. The van der Waals surface area contributed by atoms with Crippen molar-refractivity contribution in [2.24, 2.45) is 0 Å². The molecule has 0 bridgehead atoms. The van der Waals surface area contributed by atoms with E-state index in [2.05, 4.69) is 25.9 Å². The standard InChI is InChI=1S/C10H11BrF3N3/c1-17(5-10(12,13)14)8-4-7(11)15-9(16-8)6-2-3-6/h4,6H,2-3,5H2,1H3. The highest BCUT2D eigenvalue weighted by atomic mass is 79.9. The van der Waals surface area contributed by atoms with Crippen LogP contribution in [0.3, 0.4) is 0 Å². The number of rotatable bonds is 3. The summed E-state index contributed by atoms with van der Waals surface area (Å²) in [5.41, 5.74) is 0. The molecule has 1 aromatic rings. The van der Waals surface area contributed by atoms with Gasteiger partial charge in [0.25, 0.3) is 0 Å². The maximum absolute atomic E-state index is 12.3. The third-order valence-electron chi connectivity index (χ3n) is 2.45. The van der Waals surface area contributed by atoms with Crippen LogP contribution in [-0.4, -0.2) is 29.7 Å². The molecule has 94 valence electrons. The Kier molecular flexibility index (Phi) is 3.29. The Labute approximate surface area is 105 Å². The number of hydrogen-bond acceptors (Lipinski definition) is 3. The second kappa shape index (κ2) is 4.44. The molecule has 7 heteroatoms. The minimum absolute atomic E-state index is 0.297. The van der Waals surface area contributed by atoms with Gasteiger partial charge in [-0.2, -0.15) is 13.2 Å². The molecular weight excluding hydrogens is 299 g/mol. The zero-order chi connectivity index (χ0) is 12.6. The van der Waals surface area contributed by atoms with Gasteiger partial charge in [-0.05, 0) is 28.8 Å². The Morgan fingerprint density at radius 3 is 2.59 bits per heavy atom. The van der Waals surface area contributed by atoms with Gasteiger partial charge in [0, 0.05) is 19.0 Å². The third-order valence-corrected chi connectivity index (χ3v) is 2.85. The quantitative estimate of drug-likeness (QED) is 0.803. The normalized spacial score (nSPS) is 16.1. The second-order valence-electron chi connectivity index (χ2n) is 4.15. The van der Waals surface area contributed by atoms with Crippen LogP contribution in [0.25, 0.3) is 0 Å². The minimum atomic E-state index is -4.23. The van der Waals surface area contributed by atoms with Crippen molar-refractivity contribution < 1.29 is 13.2 Å². The third kappa shape index (κ3) is 3.55. The van der Waals surface area contributed by atoms with Gasteiger partial charge in [-0.15, -0.1) is 0 Å². The number of anilines is 1. The molecule has 2 rings (SSSR count). The first kappa shape index (κ1) is 12.6. The van der Waals surface area contributed by atoms with Crippen molar-refractivity contribution in [2.45, 2.75) is 24.9 Å². The molecule has 0 saturated heterocycles. The minimum Gasteiger partial charge on any atom is -0.350 e. The van der Waals surface area contributed by atoms with Crippen LogP contribution in [0.5, 0.6) is 0 Å². The Hall–Kier alpha value is -0.850. The van der Waals surface area contributed by atoms with Crippen LogP contribution in [0.4, 0.5) is 19.0 Å². The summed E-state index contributed by atoms with van der Waals surface area (Å²) in [6, 6.07) is 1.50. The molecule has 0 N–H and O–H groups in total. The van der Waals surface area contributed by atoms with E-state index in [-0.39, 0.29) is 0 Å². The Morgan fingerprint density at radius 1 is 1.41 bits per heavy atom. The van der Waals surface area contributed by atoms with Gasteiger partial charge in [0.15, 0.2) is 0 Å². The maximum Gasteiger partial charge on any atom is 0.405 e. The van der Waals surface area contributed by atoms with Crippen molar-refractivity contribution >= 4 is 21.7 Å².